The zero-order chi connectivity index (χ0) is 9.40. The number of aryl methyl sites for hydroxylation is 1. The van der Waals surface area contributed by atoms with Crippen LogP contribution >= 0.6 is 0 Å². The molecule has 1 aromatic rings. The van der Waals surface area contributed by atoms with Crippen LogP contribution in [0.4, 0.5) is 0 Å². The third-order valence-electron chi connectivity index (χ3n) is 1.24. The Labute approximate surface area is 73.0 Å². The van der Waals surface area contributed by atoms with Crippen LogP contribution in [0.2, 0.25) is 0 Å². The lowest BCUT2D eigenvalue weighted by molar-refractivity contribution is 0.654. The largest absolute Gasteiger partial charge is 0.302 e. The number of aromatic nitrogens is 3. The van der Waals surface area contributed by atoms with E-state index in [1.165, 1.54) is 6.33 Å². The Kier molecular flexibility index (Phi) is 5.87. The van der Waals surface area contributed by atoms with Crippen LogP contribution < -0.4 is 5.62 Å². The van der Waals surface area contributed by atoms with E-state index in [0.717, 1.165) is 12.2 Å². The van der Waals surface area contributed by atoms with E-state index in [2.05, 4.69) is 15.0 Å². The molecule has 0 saturated carbocycles. The Balaban J connectivity index is 0.000000561. The van der Waals surface area contributed by atoms with Gasteiger partial charge >= 0.3 is 0 Å². The Hall–Kier alpha value is -1.19. The van der Waals surface area contributed by atoms with E-state index in [0.29, 0.717) is 0 Å². The van der Waals surface area contributed by atoms with Crippen molar-refractivity contribution in [2.24, 2.45) is 4.99 Å². The summed E-state index contributed by atoms with van der Waals surface area (Å²) in [5, 5.41) is 0. The van der Waals surface area contributed by atoms with Gasteiger partial charge in [0, 0.05) is 13.6 Å². The van der Waals surface area contributed by atoms with Crippen LogP contribution in [-0.4, -0.2) is 21.6 Å². The highest BCUT2D eigenvalue weighted by molar-refractivity contribution is 4.62. The third-order valence-corrected chi connectivity index (χ3v) is 1.24. The van der Waals surface area contributed by atoms with E-state index in [1.807, 2.05) is 25.3 Å². The lowest BCUT2D eigenvalue weighted by Crippen LogP contribution is -2.23. The second kappa shape index (κ2) is 6.52. The molecule has 0 aliphatic rings. The fourth-order valence-corrected chi connectivity index (χ4v) is 0.730. The van der Waals surface area contributed by atoms with Crippen LogP contribution in [0, 0.1) is 0 Å². The van der Waals surface area contributed by atoms with E-state index >= 15 is 0 Å². The van der Waals surface area contributed by atoms with Crippen molar-refractivity contribution in [2.75, 3.05) is 7.05 Å². The minimum Gasteiger partial charge on any atom is -0.302 e. The SMILES string of the molecule is CC.CCn1cncnc1=NC. The van der Waals surface area contributed by atoms with Crippen molar-refractivity contribution < 1.29 is 0 Å². The molecule has 0 bridgehead atoms. The first-order valence-corrected chi connectivity index (χ1v) is 4.17. The van der Waals surface area contributed by atoms with Gasteiger partial charge in [0.15, 0.2) is 0 Å². The number of rotatable bonds is 1. The minimum atomic E-state index is 0.720. The molecular weight excluding hydrogens is 152 g/mol. The van der Waals surface area contributed by atoms with Crippen LogP contribution in [0.15, 0.2) is 17.6 Å². The highest BCUT2D eigenvalue weighted by Gasteiger charge is 1.85. The molecule has 1 rings (SSSR count). The van der Waals surface area contributed by atoms with E-state index < -0.39 is 0 Å². The summed E-state index contributed by atoms with van der Waals surface area (Å²) < 4.78 is 1.88. The average Bonchev–Trinajstić information content (AvgIpc) is 2.20. The summed E-state index contributed by atoms with van der Waals surface area (Å²) in [5.74, 6) is 0. The Bertz CT molecular complexity index is 264. The van der Waals surface area contributed by atoms with Gasteiger partial charge in [0.1, 0.15) is 6.33 Å². The van der Waals surface area contributed by atoms with Crippen molar-refractivity contribution in [1.29, 1.82) is 0 Å². The molecule has 12 heavy (non-hydrogen) atoms. The Morgan fingerprint density at radius 1 is 1.50 bits per heavy atom. The van der Waals surface area contributed by atoms with Gasteiger partial charge in [-0.3, -0.25) is 4.99 Å². The molecule has 0 aliphatic heterocycles. The molecule has 0 spiro atoms. The van der Waals surface area contributed by atoms with Gasteiger partial charge in [-0.2, -0.15) is 0 Å². The summed E-state index contributed by atoms with van der Waals surface area (Å²) in [4.78, 5) is 11.8. The van der Waals surface area contributed by atoms with Gasteiger partial charge in [-0.05, 0) is 6.92 Å². The molecule has 0 fully saturated rings. The summed E-state index contributed by atoms with van der Waals surface area (Å²) in [5.41, 5.74) is 0.720. The number of hydrogen-bond donors (Lipinski definition) is 0. The molecular formula is C8H16N4. The summed E-state index contributed by atoms with van der Waals surface area (Å²) in [7, 11) is 1.72. The Morgan fingerprint density at radius 2 is 2.17 bits per heavy atom. The van der Waals surface area contributed by atoms with Gasteiger partial charge in [-0.15, -0.1) is 0 Å². The monoisotopic (exact) mass is 168 g/mol. The lowest BCUT2D eigenvalue weighted by Gasteiger charge is -1.98. The summed E-state index contributed by atoms with van der Waals surface area (Å²) in [6, 6.07) is 0. The first kappa shape index (κ1) is 10.8. The van der Waals surface area contributed by atoms with Crippen molar-refractivity contribution in [2.45, 2.75) is 27.3 Å². The van der Waals surface area contributed by atoms with Crippen LogP contribution in [0.1, 0.15) is 20.8 Å². The molecule has 0 aliphatic carbocycles. The predicted octanol–water partition coefficient (Wildman–Crippen LogP) is 0.855. The standard InChI is InChI=1S/C6H10N4.C2H6/c1-3-10-5-8-4-9-6(10)7-2;1-2/h4-5H,3H2,1-2H3;1-2H3. The predicted molar refractivity (Wildman–Crippen MR) is 48.5 cm³/mol. The molecule has 0 N–H and O–H groups in total. The smallest absolute Gasteiger partial charge is 0.227 e. The average molecular weight is 168 g/mol. The maximum Gasteiger partial charge on any atom is 0.227 e. The second-order valence-electron chi connectivity index (χ2n) is 1.82. The molecule has 1 heterocycles. The highest BCUT2D eigenvalue weighted by atomic mass is 15.1. The molecule has 1 aromatic heterocycles. The van der Waals surface area contributed by atoms with Gasteiger partial charge in [0.2, 0.25) is 5.62 Å². The lowest BCUT2D eigenvalue weighted by atomic mass is 10.7. The van der Waals surface area contributed by atoms with Crippen LogP contribution in [0.3, 0.4) is 0 Å². The van der Waals surface area contributed by atoms with E-state index in [1.54, 1.807) is 13.4 Å². The van der Waals surface area contributed by atoms with Crippen molar-refractivity contribution in [3.05, 3.63) is 18.3 Å². The number of nitrogens with zero attached hydrogens (tertiary/aromatic N) is 4. The van der Waals surface area contributed by atoms with E-state index in [9.17, 15) is 0 Å². The molecule has 4 nitrogen and oxygen atoms in total. The molecule has 68 valence electrons. The quantitative estimate of drug-likeness (QED) is 0.624. The van der Waals surface area contributed by atoms with Gasteiger partial charge < -0.3 is 4.57 Å². The molecule has 0 radical (unpaired) electrons. The first-order valence-electron chi connectivity index (χ1n) is 4.17. The van der Waals surface area contributed by atoms with Crippen molar-refractivity contribution in [3.8, 4) is 0 Å². The van der Waals surface area contributed by atoms with Crippen LogP contribution in [0.25, 0.3) is 0 Å². The molecule has 0 unspecified atom stereocenters. The first-order chi connectivity index (χ1) is 5.88. The fourth-order valence-electron chi connectivity index (χ4n) is 0.730. The van der Waals surface area contributed by atoms with Gasteiger partial charge in [-0.25, -0.2) is 9.97 Å². The highest BCUT2D eigenvalue weighted by Crippen LogP contribution is 1.71. The second-order valence-corrected chi connectivity index (χ2v) is 1.82. The maximum absolute atomic E-state index is 3.95. The van der Waals surface area contributed by atoms with E-state index in [-0.39, 0.29) is 0 Å². The molecule has 0 aromatic carbocycles. The van der Waals surface area contributed by atoms with Gasteiger partial charge in [0.05, 0.1) is 6.33 Å². The van der Waals surface area contributed by atoms with Crippen LogP contribution in [0.5, 0.6) is 0 Å². The molecule has 0 saturated heterocycles. The zero-order valence-corrected chi connectivity index (χ0v) is 8.15. The topological polar surface area (TPSA) is 43.1 Å². The van der Waals surface area contributed by atoms with Gasteiger partial charge in [-0.1, -0.05) is 13.8 Å². The van der Waals surface area contributed by atoms with Crippen LogP contribution in [-0.2, 0) is 6.54 Å². The summed E-state index contributed by atoms with van der Waals surface area (Å²) in [6.45, 7) is 6.88. The van der Waals surface area contributed by atoms with Gasteiger partial charge in [0.25, 0.3) is 0 Å². The van der Waals surface area contributed by atoms with E-state index in [4.69, 9.17) is 0 Å². The number of hydrogen-bond acceptors (Lipinski definition) is 3. The molecule has 4 heteroatoms. The third kappa shape index (κ3) is 2.82. The van der Waals surface area contributed by atoms with Crippen molar-refractivity contribution in [3.63, 3.8) is 0 Å². The minimum absolute atomic E-state index is 0.720. The maximum atomic E-state index is 3.95. The zero-order valence-electron chi connectivity index (χ0n) is 8.15. The normalized spacial score (nSPS) is 10.5. The Morgan fingerprint density at radius 3 is 2.58 bits per heavy atom. The molecule has 0 atom stereocenters. The summed E-state index contributed by atoms with van der Waals surface area (Å²) >= 11 is 0. The van der Waals surface area contributed by atoms with Crippen molar-refractivity contribution in [1.82, 2.24) is 14.5 Å². The summed E-state index contributed by atoms with van der Waals surface area (Å²) in [6.07, 6.45) is 3.21. The fraction of sp³-hybridized carbons (Fsp3) is 0.625. The van der Waals surface area contributed by atoms with Crippen molar-refractivity contribution >= 4 is 0 Å². The molecule has 0 amide bonds.